The highest BCUT2D eigenvalue weighted by Crippen LogP contribution is 2.08. The van der Waals surface area contributed by atoms with Gasteiger partial charge >= 0.3 is 0 Å². The topological polar surface area (TPSA) is 69.8 Å². The molecular weight excluding hydrogens is 280 g/mol. The zero-order chi connectivity index (χ0) is 17.3. The van der Waals surface area contributed by atoms with E-state index >= 15 is 0 Å². The van der Waals surface area contributed by atoms with Crippen LogP contribution in [0.4, 0.5) is 0 Å². The summed E-state index contributed by atoms with van der Waals surface area (Å²) in [4.78, 5) is 29.4. The minimum absolute atomic E-state index is 0.0452. The monoisotopic (exact) mass is 306 g/mol. The molecule has 0 fully saturated rings. The summed E-state index contributed by atoms with van der Waals surface area (Å²) < 4.78 is 3.12. The molecule has 6 nitrogen and oxygen atoms in total. The van der Waals surface area contributed by atoms with Gasteiger partial charge in [0.15, 0.2) is 0 Å². The molecule has 2 aromatic rings. The number of aromatic nitrogens is 4. The van der Waals surface area contributed by atoms with Gasteiger partial charge in [-0.1, -0.05) is 27.7 Å². The number of nitrogens with zero attached hydrogens (tertiary/aromatic N) is 4. The van der Waals surface area contributed by atoms with Crippen LogP contribution in [-0.4, -0.2) is 19.1 Å². The molecule has 2 rings (SSSR count). The van der Waals surface area contributed by atoms with E-state index in [-0.39, 0.29) is 11.1 Å². The van der Waals surface area contributed by atoms with Crippen molar-refractivity contribution in [3.63, 3.8) is 0 Å². The third-order valence-corrected chi connectivity index (χ3v) is 2.81. The highest BCUT2D eigenvalue weighted by atomic mass is 16.1. The molecule has 0 aliphatic carbocycles. The van der Waals surface area contributed by atoms with Gasteiger partial charge in [0.25, 0.3) is 11.1 Å². The van der Waals surface area contributed by atoms with Crippen molar-refractivity contribution in [2.24, 2.45) is 14.1 Å². The summed E-state index contributed by atoms with van der Waals surface area (Å²) in [5, 5.41) is 0. The van der Waals surface area contributed by atoms with Gasteiger partial charge in [-0.3, -0.25) is 19.6 Å². The van der Waals surface area contributed by atoms with Crippen molar-refractivity contribution >= 4 is 0 Å². The van der Waals surface area contributed by atoms with Gasteiger partial charge in [0.1, 0.15) is 0 Å². The van der Waals surface area contributed by atoms with Gasteiger partial charge in [-0.25, -0.2) is 0 Å². The average molecular weight is 306 g/mol. The van der Waals surface area contributed by atoms with E-state index in [9.17, 15) is 9.59 Å². The Hall–Kier alpha value is -2.24. The Labute approximate surface area is 131 Å². The molecule has 0 aliphatic heterocycles. The van der Waals surface area contributed by atoms with Crippen molar-refractivity contribution in [3.8, 4) is 0 Å². The second-order valence-corrected chi connectivity index (χ2v) is 4.86. The summed E-state index contributed by atoms with van der Waals surface area (Å²) in [5.74, 6) is 0.349. The molecule has 2 heterocycles. The van der Waals surface area contributed by atoms with Gasteiger partial charge in [0.2, 0.25) is 0 Å². The first-order valence-corrected chi connectivity index (χ1v) is 7.33. The van der Waals surface area contributed by atoms with Crippen LogP contribution >= 0.6 is 0 Å². The molecule has 6 heteroatoms. The maximum Gasteiger partial charge on any atom is 0.268 e. The van der Waals surface area contributed by atoms with Crippen LogP contribution in [0.25, 0.3) is 0 Å². The van der Waals surface area contributed by atoms with Gasteiger partial charge in [0, 0.05) is 32.2 Å². The van der Waals surface area contributed by atoms with Gasteiger partial charge in [-0.15, -0.1) is 0 Å². The van der Waals surface area contributed by atoms with E-state index in [4.69, 9.17) is 0 Å². The average Bonchev–Trinajstić information content (AvgIpc) is 2.48. The molecule has 0 saturated carbocycles. The van der Waals surface area contributed by atoms with Gasteiger partial charge < -0.3 is 9.13 Å². The largest absolute Gasteiger partial charge is 0.315 e. The first kappa shape index (κ1) is 19.8. The summed E-state index contributed by atoms with van der Waals surface area (Å²) >= 11 is 0. The summed E-state index contributed by atoms with van der Waals surface area (Å²) in [6, 6.07) is 0. The molecule has 0 aromatic carbocycles. The van der Waals surface area contributed by atoms with Gasteiger partial charge in [0.05, 0.1) is 18.1 Å². The van der Waals surface area contributed by atoms with E-state index in [1.807, 2.05) is 34.6 Å². The van der Waals surface area contributed by atoms with E-state index < -0.39 is 0 Å². The van der Waals surface area contributed by atoms with Crippen molar-refractivity contribution in [1.29, 1.82) is 0 Å². The zero-order valence-corrected chi connectivity index (χ0v) is 14.5. The van der Waals surface area contributed by atoms with Crippen LogP contribution < -0.4 is 11.1 Å². The van der Waals surface area contributed by atoms with Crippen LogP contribution in [-0.2, 0) is 14.1 Å². The molecule has 0 N–H and O–H groups in total. The van der Waals surface area contributed by atoms with E-state index in [2.05, 4.69) is 9.97 Å². The highest BCUT2D eigenvalue weighted by molar-refractivity contribution is 5.02. The predicted octanol–water partition coefficient (Wildman–Crippen LogP) is 2.02. The van der Waals surface area contributed by atoms with Crippen LogP contribution in [0.2, 0.25) is 0 Å². The lowest BCUT2D eigenvalue weighted by Crippen LogP contribution is -2.20. The highest BCUT2D eigenvalue weighted by Gasteiger charge is 2.02. The van der Waals surface area contributed by atoms with Crippen molar-refractivity contribution in [3.05, 3.63) is 56.9 Å². The lowest BCUT2D eigenvalue weighted by Gasteiger charge is -2.08. The number of rotatable bonds is 1. The molecule has 0 radical (unpaired) electrons. The molecule has 0 aliphatic rings. The maximum absolute atomic E-state index is 11.0. The smallest absolute Gasteiger partial charge is 0.268 e. The Bertz CT molecular complexity index is 687. The fourth-order valence-electron chi connectivity index (χ4n) is 1.64. The van der Waals surface area contributed by atoms with Crippen LogP contribution in [0.3, 0.4) is 0 Å². The van der Waals surface area contributed by atoms with Crippen LogP contribution in [0.1, 0.15) is 45.0 Å². The zero-order valence-electron chi connectivity index (χ0n) is 14.5. The first-order valence-electron chi connectivity index (χ1n) is 7.33. The number of hydrogen-bond acceptors (Lipinski definition) is 4. The number of aryl methyl sites for hydroxylation is 2. The maximum atomic E-state index is 11.0. The Morgan fingerprint density at radius 1 is 1.00 bits per heavy atom. The van der Waals surface area contributed by atoms with E-state index in [0.29, 0.717) is 5.92 Å². The van der Waals surface area contributed by atoms with Crippen LogP contribution in [0.15, 0.2) is 34.4 Å². The molecule has 122 valence electrons. The lowest BCUT2D eigenvalue weighted by atomic mass is 10.1. The summed E-state index contributed by atoms with van der Waals surface area (Å²) in [6.45, 7) is 9.92. The standard InChI is InChI=1S/C8H12N2O.C6H8N2O.C2H6/c1-6(2)7-4-9-5-8(11)10(7)3;1-5-4-8(2)6(9)3-7-5;1-2/h4-6H,1-3H3;3-4H,1-2H3;1-2H3. The minimum Gasteiger partial charge on any atom is -0.315 e. The molecule has 0 bridgehead atoms. The molecule has 0 atom stereocenters. The fourth-order valence-corrected chi connectivity index (χ4v) is 1.64. The quantitative estimate of drug-likeness (QED) is 0.808. The van der Waals surface area contributed by atoms with Crippen LogP contribution in [0, 0.1) is 6.92 Å². The van der Waals surface area contributed by atoms with E-state index in [1.165, 1.54) is 17.0 Å². The third kappa shape index (κ3) is 6.03. The first-order chi connectivity index (χ1) is 10.3. The van der Waals surface area contributed by atoms with Crippen molar-refractivity contribution in [2.75, 3.05) is 0 Å². The van der Waals surface area contributed by atoms with E-state index in [0.717, 1.165) is 11.4 Å². The third-order valence-electron chi connectivity index (χ3n) is 2.81. The number of hydrogen-bond donors (Lipinski definition) is 0. The van der Waals surface area contributed by atoms with Gasteiger partial charge in [-0.05, 0) is 12.8 Å². The molecular formula is C16H26N4O2. The second-order valence-electron chi connectivity index (χ2n) is 4.86. The minimum atomic E-state index is -0.0689. The fraction of sp³-hybridized carbons (Fsp3) is 0.500. The molecule has 2 aromatic heterocycles. The summed E-state index contributed by atoms with van der Waals surface area (Å²) in [5.41, 5.74) is 1.71. The second kappa shape index (κ2) is 9.65. The predicted molar refractivity (Wildman–Crippen MR) is 89.1 cm³/mol. The van der Waals surface area contributed by atoms with Crippen LogP contribution in [0.5, 0.6) is 0 Å². The normalized spacial score (nSPS) is 9.45. The molecule has 0 saturated heterocycles. The van der Waals surface area contributed by atoms with Crippen molar-refractivity contribution in [1.82, 2.24) is 19.1 Å². The molecule has 22 heavy (non-hydrogen) atoms. The Morgan fingerprint density at radius 2 is 1.59 bits per heavy atom. The summed E-state index contributed by atoms with van der Waals surface area (Å²) in [6.07, 6.45) is 6.07. The molecule has 0 spiro atoms. The Morgan fingerprint density at radius 3 is 2.00 bits per heavy atom. The van der Waals surface area contributed by atoms with Crippen molar-refractivity contribution in [2.45, 2.75) is 40.5 Å². The summed E-state index contributed by atoms with van der Waals surface area (Å²) in [7, 11) is 3.47. The molecule has 0 unspecified atom stereocenters. The molecule has 0 amide bonds. The van der Waals surface area contributed by atoms with E-state index in [1.54, 1.807) is 31.1 Å². The van der Waals surface area contributed by atoms with Crippen molar-refractivity contribution < 1.29 is 0 Å². The lowest BCUT2D eigenvalue weighted by molar-refractivity contribution is 0.694. The Balaban J connectivity index is 0.000000366. The Kier molecular flexibility index (Phi) is 8.67. The SMILES string of the molecule is CC.CC(C)c1cncc(=O)n1C.Cc1cn(C)c(=O)cn1. The van der Waals surface area contributed by atoms with Gasteiger partial charge in [-0.2, -0.15) is 0 Å².